The van der Waals surface area contributed by atoms with Crippen molar-refractivity contribution in [2.75, 3.05) is 11.9 Å². The normalized spacial score (nSPS) is 14.8. The second-order valence-electron chi connectivity index (χ2n) is 6.38. The number of hydrogen-bond donors (Lipinski definition) is 1. The Labute approximate surface area is 146 Å². The number of aromatic nitrogens is 2. The molecule has 5 nitrogen and oxygen atoms in total. The number of hydrogen-bond acceptors (Lipinski definition) is 4. The van der Waals surface area contributed by atoms with E-state index in [2.05, 4.69) is 33.5 Å². The summed E-state index contributed by atoms with van der Waals surface area (Å²) in [6.07, 6.45) is 2.43. The van der Waals surface area contributed by atoms with Crippen molar-refractivity contribution in [1.82, 2.24) is 14.9 Å². The fraction of sp³-hybridized carbons (Fsp3) is 0.250. The summed E-state index contributed by atoms with van der Waals surface area (Å²) >= 11 is 0. The molecule has 0 bridgehead atoms. The van der Waals surface area contributed by atoms with Gasteiger partial charge >= 0.3 is 0 Å². The lowest BCUT2D eigenvalue weighted by molar-refractivity contribution is -0.132. The topological polar surface area (TPSA) is 58.1 Å². The van der Waals surface area contributed by atoms with E-state index in [1.807, 2.05) is 42.2 Å². The van der Waals surface area contributed by atoms with Crippen molar-refractivity contribution >= 4 is 22.6 Å². The third kappa shape index (κ3) is 3.05. The van der Waals surface area contributed by atoms with Crippen molar-refractivity contribution in [2.24, 2.45) is 0 Å². The number of carbonyl (C=O) groups excluding carboxylic acids is 1. The number of benzene rings is 2. The summed E-state index contributed by atoms with van der Waals surface area (Å²) in [4.78, 5) is 23.4. The van der Waals surface area contributed by atoms with Crippen LogP contribution in [0.3, 0.4) is 0 Å². The number of anilines is 1. The molecule has 2 heterocycles. The maximum absolute atomic E-state index is 12.9. The van der Waals surface area contributed by atoms with Crippen LogP contribution >= 0.6 is 0 Å². The van der Waals surface area contributed by atoms with E-state index < -0.39 is 0 Å². The van der Waals surface area contributed by atoms with Crippen LogP contribution in [0.5, 0.6) is 0 Å². The SMILES string of the molecule is CC(Nc1ncnc2ccccc12)C(=O)N1CCc2ccccc2C1. The third-order valence-electron chi connectivity index (χ3n) is 4.71. The second kappa shape index (κ2) is 6.51. The third-order valence-corrected chi connectivity index (χ3v) is 4.71. The molecule has 1 aliphatic rings. The summed E-state index contributed by atoms with van der Waals surface area (Å²) in [5.41, 5.74) is 3.45. The lowest BCUT2D eigenvalue weighted by Crippen LogP contribution is -2.44. The molecule has 0 saturated heterocycles. The molecule has 0 spiro atoms. The number of rotatable bonds is 3. The molecule has 1 N–H and O–H groups in total. The van der Waals surface area contributed by atoms with E-state index >= 15 is 0 Å². The average molecular weight is 332 g/mol. The van der Waals surface area contributed by atoms with E-state index in [-0.39, 0.29) is 11.9 Å². The summed E-state index contributed by atoms with van der Waals surface area (Å²) in [5.74, 6) is 0.793. The summed E-state index contributed by atoms with van der Waals surface area (Å²) < 4.78 is 0. The van der Waals surface area contributed by atoms with Crippen LogP contribution in [0.2, 0.25) is 0 Å². The Bertz CT molecular complexity index is 919. The van der Waals surface area contributed by atoms with Crippen LogP contribution in [-0.2, 0) is 17.8 Å². The number of para-hydroxylation sites is 1. The molecule has 1 amide bonds. The largest absolute Gasteiger partial charge is 0.358 e. The standard InChI is InChI=1S/C20H20N4O/c1-14(23-19-17-8-4-5-9-18(17)21-13-22-19)20(25)24-11-10-15-6-2-3-7-16(15)12-24/h2-9,13-14H,10-12H2,1H3,(H,21,22,23). The molecule has 25 heavy (non-hydrogen) atoms. The highest BCUT2D eigenvalue weighted by Crippen LogP contribution is 2.22. The molecule has 4 rings (SSSR count). The Morgan fingerprint density at radius 2 is 1.84 bits per heavy atom. The maximum Gasteiger partial charge on any atom is 0.245 e. The zero-order valence-corrected chi connectivity index (χ0v) is 14.1. The van der Waals surface area contributed by atoms with Crippen molar-refractivity contribution in [1.29, 1.82) is 0 Å². The van der Waals surface area contributed by atoms with Crippen molar-refractivity contribution in [3.05, 3.63) is 66.0 Å². The Morgan fingerprint density at radius 1 is 1.08 bits per heavy atom. The van der Waals surface area contributed by atoms with Crippen LogP contribution in [-0.4, -0.2) is 33.4 Å². The van der Waals surface area contributed by atoms with E-state index in [0.29, 0.717) is 12.4 Å². The van der Waals surface area contributed by atoms with Crippen molar-refractivity contribution in [3.8, 4) is 0 Å². The molecule has 0 aliphatic carbocycles. The minimum Gasteiger partial charge on any atom is -0.358 e. The minimum absolute atomic E-state index is 0.0946. The highest BCUT2D eigenvalue weighted by Gasteiger charge is 2.25. The lowest BCUT2D eigenvalue weighted by Gasteiger charge is -2.31. The van der Waals surface area contributed by atoms with Gasteiger partial charge < -0.3 is 10.2 Å². The van der Waals surface area contributed by atoms with Crippen LogP contribution in [0, 0.1) is 0 Å². The van der Waals surface area contributed by atoms with Crippen LogP contribution in [0.1, 0.15) is 18.1 Å². The summed E-state index contributed by atoms with van der Waals surface area (Å²) in [5, 5.41) is 4.19. The molecule has 1 aliphatic heterocycles. The molecule has 0 saturated carbocycles. The van der Waals surface area contributed by atoms with E-state index in [9.17, 15) is 4.79 Å². The first kappa shape index (κ1) is 15.6. The fourth-order valence-electron chi connectivity index (χ4n) is 3.34. The number of carbonyl (C=O) groups is 1. The van der Waals surface area contributed by atoms with Crippen LogP contribution < -0.4 is 5.32 Å². The molecule has 2 aromatic carbocycles. The zero-order valence-electron chi connectivity index (χ0n) is 14.1. The number of fused-ring (bicyclic) bond motifs is 2. The zero-order chi connectivity index (χ0) is 17.2. The quantitative estimate of drug-likeness (QED) is 0.801. The van der Waals surface area contributed by atoms with E-state index in [1.165, 1.54) is 17.5 Å². The number of amides is 1. The van der Waals surface area contributed by atoms with Gasteiger partial charge in [-0.1, -0.05) is 36.4 Å². The van der Waals surface area contributed by atoms with Crippen LogP contribution in [0.15, 0.2) is 54.9 Å². The van der Waals surface area contributed by atoms with Crippen molar-refractivity contribution in [3.63, 3.8) is 0 Å². The van der Waals surface area contributed by atoms with Gasteiger partial charge in [0.2, 0.25) is 5.91 Å². The monoisotopic (exact) mass is 332 g/mol. The molecule has 1 atom stereocenters. The van der Waals surface area contributed by atoms with Gasteiger partial charge in [-0.05, 0) is 36.6 Å². The Morgan fingerprint density at radius 3 is 2.72 bits per heavy atom. The Kier molecular flexibility index (Phi) is 4.06. The number of nitrogens with one attached hydrogen (secondary N) is 1. The van der Waals surface area contributed by atoms with E-state index in [1.54, 1.807) is 0 Å². The van der Waals surface area contributed by atoms with Gasteiger partial charge in [-0.2, -0.15) is 0 Å². The molecule has 1 unspecified atom stereocenters. The molecule has 0 fully saturated rings. The first-order valence-electron chi connectivity index (χ1n) is 8.54. The summed E-state index contributed by atoms with van der Waals surface area (Å²) in [6.45, 7) is 3.32. The van der Waals surface area contributed by atoms with E-state index in [4.69, 9.17) is 0 Å². The smallest absolute Gasteiger partial charge is 0.245 e. The fourth-order valence-corrected chi connectivity index (χ4v) is 3.34. The molecule has 1 aromatic heterocycles. The highest BCUT2D eigenvalue weighted by atomic mass is 16.2. The first-order chi connectivity index (χ1) is 12.2. The molecule has 126 valence electrons. The maximum atomic E-state index is 12.9. The molecule has 0 radical (unpaired) electrons. The minimum atomic E-state index is -0.344. The van der Waals surface area contributed by atoms with Gasteiger partial charge in [0.15, 0.2) is 0 Å². The summed E-state index contributed by atoms with van der Waals surface area (Å²) in [7, 11) is 0. The van der Waals surface area contributed by atoms with Gasteiger partial charge in [-0.15, -0.1) is 0 Å². The molecular formula is C20H20N4O. The van der Waals surface area contributed by atoms with Crippen LogP contribution in [0.4, 0.5) is 5.82 Å². The van der Waals surface area contributed by atoms with Crippen LogP contribution in [0.25, 0.3) is 10.9 Å². The van der Waals surface area contributed by atoms with Gasteiger partial charge in [-0.3, -0.25) is 4.79 Å². The van der Waals surface area contributed by atoms with Gasteiger partial charge in [0.05, 0.1) is 5.52 Å². The van der Waals surface area contributed by atoms with Gasteiger partial charge in [0.1, 0.15) is 18.2 Å². The average Bonchev–Trinajstić information content (AvgIpc) is 2.67. The summed E-state index contributed by atoms with van der Waals surface area (Å²) in [6, 6.07) is 15.8. The van der Waals surface area contributed by atoms with Crippen molar-refractivity contribution < 1.29 is 4.79 Å². The second-order valence-corrected chi connectivity index (χ2v) is 6.38. The predicted molar refractivity (Wildman–Crippen MR) is 98.2 cm³/mol. The predicted octanol–water partition coefficient (Wildman–Crippen LogP) is 3.02. The molecule has 3 aromatic rings. The molecule has 5 heteroatoms. The van der Waals surface area contributed by atoms with Gasteiger partial charge in [0.25, 0.3) is 0 Å². The lowest BCUT2D eigenvalue weighted by atomic mass is 9.99. The first-order valence-corrected chi connectivity index (χ1v) is 8.54. The van der Waals surface area contributed by atoms with Gasteiger partial charge in [-0.25, -0.2) is 9.97 Å². The molecular weight excluding hydrogens is 312 g/mol. The Balaban J connectivity index is 1.51. The Hall–Kier alpha value is -2.95. The highest BCUT2D eigenvalue weighted by molar-refractivity contribution is 5.91. The number of nitrogens with zero attached hydrogens (tertiary/aromatic N) is 3. The van der Waals surface area contributed by atoms with Crippen molar-refractivity contribution in [2.45, 2.75) is 25.9 Å². The van der Waals surface area contributed by atoms with E-state index in [0.717, 1.165) is 23.9 Å². The van der Waals surface area contributed by atoms with Gasteiger partial charge in [0, 0.05) is 18.5 Å².